The van der Waals surface area contributed by atoms with Crippen molar-refractivity contribution in [2.24, 2.45) is 0 Å². The van der Waals surface area contributed by atoms with Crippen molar-refractivity contribution in [3.05, 3.63) is 53.6 Å². The zero-order valence-corrected chi connectivity index (χ0v) is 20.5. The van der Waals surface area contributed by atoms with Crippen LogP contribution in [0.1, 0.15) is 56.2 Å². The number of aryl methyl sites for hydroxylation is 1. The first-order valence-corrected chi connectivity index (χ1v) is 11.9. The van der Waals surface area contributed by atoms with Crippen LogP contribution < -0.4 is 4.74 Å². The number of carboxylic acid groups (broad SMARTS) is 2. The van der Waals surface area contributed by atoms with Crippen LogP contribution in [0.2, 0.25) is 0 Å². The number of aliphatic carboxylic acids is 2. The lowest BCUT2D eigenvalue weighted by Crippen LogP contribution is -2.29. The SMILES string of the molecule is CC(=O)OCc1n[nH]c(CCCCOc2cccc(CN3CCCCC3)c2)n1.O=C(O)/C=C/C(=O)O. The van der Waals surface area contributed by atoms with Crippen molar-refractivity contribution in [2.75, 3.05) is 19.7 Å². The molecule has 196 valence electrons. The van der Waals surface area contributed by atoms with Gasteiger partial charge in [0, 0.05) is 32.0 Å². The Bertz CT molecular complexity index is 984. The molecular formula is C25H34N4O7. The zero-order valence-electron chi connectivity index (χ0n) is 20.5. The van der Waals surface area contributed by atoms with Crippen molar-refractivity contribution < 1.29 is 34.1 Å². The van der Waals surface area contributed by atoms with Gasteiger partial charge in [0.2, 0.25) is 0 Å². The molecule has 0 bridgehead atoms. The maximum Gasteiger partial charge on any atom is 0.328 e. The molecule has 3 rings (SSSR count). The predicted molar refractivity (Wildman–Crippen MR) is 130 cm³/mol. The molecule has 0 unspecified atom stereocenters. The highest BCUT2D eigenvalue weighted by Gasteiger charge is 2.10. The van der Waals surface area contributed by atoms with E-state index in [1.807, 2.05) is 6.07 Å². The van der Waals surface area contributed by atoms with Crippen LogP contribution in [0, 0.1) is 0 Å². The Balaban J connectivity index is 0.000000493. The Morgan fingerprint density at radius 1 is 1.08 bits per heavy atom. The third-order valence-corrected chi connectivity index (χ3v) is 5.18. The van der Waals surface area contributed by atoms with Gasteiger partial charge in [0.1, 0.15) is 11.6 Å². The monoisotopic (exact) mass is 502 g/mol. The number of likely N-dealkylation sites (tertiary alicyclic amines) is 1. The normalized spacial score (nSPS) is 13.6. The first-order valence-electron chi connectivity index (χ1n) is 11.9. The molecule has 1 aromatic carbocycles. The van der Waals surface area contributed by atoms with Crippen LogP contribution >= 0.6 is 0 Å². The first kappa shape index (κ1) is 28.5. The number of rotatable bonds is 12. The van der Waals surface area contributed by atoms with E-state index in [0.717, 1.165) is 37.4 Å². The van der Waals surface area contributed by atoms with Crippen LogP contribution in [0.4, 0.5) is 0 Å². The summed E-state index contributed by atoms with van der Waals surface area (Å²) in [7, 11) is 0. The van der Waals surface area contributed by atoms with E-state index in [9.17, 15) is 14.4 Å². The van der Waals surface area contributed by atoms with Crippen LogP contribution in [0.15, 0.2) is 36.4 Å². The van der Waals surface area contributed by atoms with Crippen LogP contribution in [-0.4, -0.2) is 67.9 Å². The third-order valence-electron chi connectivity index (χ3n) is 5.18. The molecule has 1 aliphatic rings. The smallest absolute Gasteiger partial charge is 0.328 e. The second-order valence-corrected chi connectivity index (χ2v) is 8.28. The Morgan fingerprint density at radius 2 is 1.81 bits per heavy atom. The van der Waals surface area contributed by atoms with Crippen LogP contribution in [-0.2, 0) is 38.7 Å². The van der Waals surface area contributed by atoms with Gasteiger partial charge in [-0.05, 0) is 56.5 Å². The molecule has 1 aliphatic heterocycles. The number of hydrogen-bond donors (Lipinski definition) is 3. The molecule has 1 aromatic heterocycles. The number of aromatic nitrogens is 3. The van der Waals surface area contributed by atoms with Crippen molar-refractivity contribution >= 4 is 17.9 Å². The lowest BCUT2D eigenvalue weighted by atomic mass is 10.1. The van der Waals surface area contributed by atoms with Gasteiger partial charge in [0.15, 0.2) is 12.4 Å². The summed E-state index contributed by atoms with van der Waals surface area (Å²) < 4.78 is 10.8. The first-order chi connectivity index (χ1) is 17.3. The summed E-state index contributed by atoms with van der Waals surface area (Å²) in [5.74, 6) is -0.584. The standard InChI is InChI=1S/C21H30N4O3.C4H4O4/c1-17(26)28-16-21-22-20(23-24-21)10-3-6-13-27-19-9-7-8-18(14-19)15-25-11-4-2-5-12-25;5-3(6)1-2-4(7)8/h7-9,14H,2-6,10-13,15-16H2,1H3,(H,22,23,24);1-2H,(H,5,6)(H,7,8)/b;2-1+. The molecule has 1 fully saturated rings. The number of carboxylic acids is 2. The summed E-state index contributed by atoms with van der Waals surface area (Å²) in [6, 6.07) is 8.44. The van der Waals surface area contributed by atoms with Gasteiger partial charge in [-0.2, -0.15) is 5.10 Å². The fraction of sp³-hybridized carbons (Fsp3) is 0.480. The second kappa shape index (κ2) is 16.0. The highest BCUT2D eigenvalue weighted by Crippen LogP contribution is 2.18. The van der Waals surface area contributed by atoms with E-state index in [-0.39, 0.29) is 12.6 Å². The van der Waals surface area contributed by atoms with E-state index < -0.39 is 11.9 Å². The van der Waals surface area contributed by atoms with Crippen LogP contribution in [0.5, 0.6) is 5.75 Å². The molecule has 0 saturated carbocycles. The minimum absolute atomic E-state index is 0.114. The van der Waals surface area contributed by atoms with Crippen LogP contribution in [0.25, 0.3) is 0 Å². The topological polar surface area (TPSA) is 155 Å². The van der Waals surface area contributed by atoms with Crippen molar-refractivity contribution in [2.45, 2.75) is 58.6 Å². The molecule has 0 spiro atoms. The molecule has 11 heteroatoms. The van der Waals surface area contributed by atoms with Gasteiger partial charge >= 0.3 is 17.9 Å². The molecule has 0 atom stereocenters. The van der Waals surface area contributed by atoms with Gasteiger partial charge in [0.05, 0.1) is 6.61 Å². The van der Waals surface area contributed by atoms with E-state index in [2.05, 4.69) is 38.3 Å². The minimum atomic E-state index is -1.26. The van der Waals surface area contributed by atoms with Gasteiger partial charge < -0.3 is 19.7 Å². The summed E-state index contributed by atoms with van der Waals surface area (Å²) in [6.07, 6.45) is 7.79. The molecule has 36 heavy (non-hydrogen) atoms. The fourth-order valence-corrected chi connectivity index (χ4v) is 3.51. The molecule has 0 radical (unpaired) electrons. The predicted octanol–water partition coefficient (Wildman–Crippen LogP) is 2.97. The van der Waals surface area contributed by atoms with Gasteiger partial charge in [-0.15, -0.1) is 0 Å². The van der Waals surface area contributed by atoms with E-state index in [4.69, 9.17) is 19.7 Å². The molecule has 1 saturated heterocycles. The number of ether oxygens (including phenoxy) is 2. The van der Waals surface area contributed by atoms with Crippen molar-refractivity contribution in [1.29, 1.82) is 0 Å². The van der Waals surface area contributed by atoms with Gasteiger partial charge in [-0.25, -0.2) is 14.6 Å². The quantitative estimate of drug-likeness (QED) is 0.224. The summed E-state index contributed by atoms with van der Waals surface area (Å²) in [5, 5.41) is 22.6. The average Bonchev–Trinajstić information content (AvgIpc) is 3.30. The maximum atomic E-state index is 10.8. The zero-order chi connectivity index (χ0) is 26.2. The highest BCUT2D eigenvalue weighted by molar-refractivity contribution is 5.89. The van der Waals surface area contributed by atoms with Gasteiger partial charge in [0.25, 0.3) is 0 Å². The Hall–Kier alpha value is -3.73. The number of hydrogen-bond acceptors (Lipinski definition) is 8. The van der Waals surface area contributed by atoms with Gasteiger partial charge in [-0.3, -0.25) is 14.8 Å². The third kappa shape index (κ3) is 12.7. The fourth-order valence-electron chi connectivity index (χ4n) is 3.51. The second-order valence-electron chi connectivity index (χ2n) is 8.28. The van der Waals surface area contributed by atoms with Crippen molar-refractivity contribution in [1.82, 2.24) is 20.1 Å². The lowest BCUT2D eigenvalue weighted by Gasteiger charge is -2.26. The maximum absolute atomic E-state index is 10.8. The molecule has 0 amide bonds. The molecule has 11 nitrogen and oxygen atoms in total. The number of aromatic amines is 1. The van der Waals surface area contributed by atoms with E-state index in [1.165, 1.54) is 44.8 Å². The van der Waals surface area contributed by atoms with E-state index >= 15 is 0 Å². The number of esters is 1. The van der Waals surface area contributed by atoms with Gasteiger partial charge in [-0.1, -0.05) is 18.6 Å². The number of piperidine rings is 1. The Kier molecular flexibility index (Phi) is 12.7. The summed E-state index contributed by atoms with van der Waals surface area (Å²) >= 11 is 0. The summed E-state index contributed by atoms with van der Waals surface area (Å²) in [5.41, 5.74) is 1.32. The number of nitrogens with one attached hydrogen (secondary N) is 1. The number of benzene rings is 1. The molecule has 2 heterocycles. The summed E-state index contributed by atoms with van der Waals surface area (Å²) in [4.78, 5) is 36.7. The molecule has 3 N–H and O–H groups in total. The van der Waals surface area contributed by atoms with Crippen molar-refractivity contribution in [3.8, 4) is 5.75 Å². The van der Waals surface area contributed by atoms with E-state index in [1.54, 1.807) is 0 Å². The van der Waals surface area contributed by atoms with Crippen molar-refractivity contribution in [3.63, 3.8) is 0 Å². The number of H-pyrrole nitrogens is 1. The minimum Gasteiger partial charge on any atom is -0.494 e. The number of carbonyl (C=O) groups excluding carboxylic acids is 1. The molecule has 0 aliphatic carbocycles. The highest BCUT2D eigenvalue weighted by atomic mass is 16.5. The molecular weight excluding hydrogens is 468 g/mol. The summed E-state index contributed by atoms with van der Waals surface area (Å²) in [6.45, 7) is 5.59. The number of carbonyl (C=O) groups is 3. The Morgan fingerprint density at radius 3 is 2.47 bits per heavy atom. The van der Waals surface area contributed by atoms with E-state index in [0.29, 0.717) is 24.6 Å². The molecule has 2 aromatic rings. The van der Waals surface area contributed by atoms with Crippen LogP contribution in [0.3, 0.4) is 0 Å². The Labute approximate surface area is 210 Å². The number of unbranched alkanes of at least 4 members (excludes halogenated alkanes) is 1. The lowest BCUT2D eigenvalue weighted by molar-refractivity contribution is -0.142. The number of nitrogens with zero attached hydrogens (tertiary/aromatic N) is 3. The average molecular weight is 503 g/mol. The largest absolute Gasteiger partial charge is 0.494 e.